The van der Waals surface area contributed by atoms with E-state index in [1.165, 1.54) is 33.1 Å². The van der Waals surface area contributed by atoms with E-state index in [0.717, 1.165) is 0 Å². The number of carboxylic acids is 2. The third-order valence-electron chi connectivity index (χ3n) is 2.58. The molecule has 19 heavy (non-hydrogen) atoms. The van der Waals surface area contributed by atoms with Crippen LogP contribution >= 0.6 is 0 Å². The van der Waals surface area contributed by atoms with Crippen LogP contribution in [0.4, 0.5) is 0 Å². The number of aliphatic carboxylic acids is 1. The van der Waals surface area contributed by atoms with E-state index in [1.807, 2.05) is 0 Å². The summed E-state index contributed by atoms with van der Waals surface area (Å²) in [5, 5.41) is 18.0. The zero-order chi connectivity index (χ0) is 14.6. The van der Waals surface area contributed by atoms with E-state index < -0.39 is 17.4 Å². The lowest BCUT2D eigenvalue weighted by molar-refractivity contribution is -0.148. The van der Waals surface area contributed by atoms with Gasteiger partial charge in [-0.3, -0.25) is 4.79 Å². The van der Waals surface area contributed by atoms with Crippen LogP contribution in [-0.2, 0) is 4.79 Å². The molecule has 0 saturated heterocycles. The topological polar surface area (TPSA) is 93.1 Å². The van der Waals surface area contributed by atoms with Gasteiger partial charge in [-0.05, 0) is 32.0 Å². The van der Waals surface area contributed by atoms with Crippen molar-refractivity contribution in [2.24, 2.45) is 5.41 Å². The fourth-order valence-corrected chi connectivity index (χ4v) is 1.25. The summed E-state index contributed by atoms with van der Waals surface area (Å²) in [7, 11) is 1.43. The van der Waals surface area contributed by atoms with Crippen molar-refractivity contribution in [2.75, 3.05) is 13.7 Å². The Kier molecular flexibility index (Phi) is 4.37. The summed E-state index contributed by atoms with van der Waals surface area (Å²) < 4.78 is 10.2. The highest BCUT2D eigenvalue weighted by Gasteiger charge is 2.28. The third kappa shape index (κ3) is 3.61. The van der Waals surface area contributed by atoms with Crippen LogP contribution in [0.5, 0.6) is 11.5 Å². The molecule has 0 fully saturated rings. The van der Waals surface area contributed by atoms with Gasteiger partial charge in [-0.15, -0.1) is 0 Å². The second kappa shape index (κ2) is 5.60. The average molecular weight is 268 g/mol. The number of methoxy groups -OCH3 is 1. The molecule has 104 valence electrons. The zero-order valence-corrected chi connectivity index (χ0v) is 11.0. The number of benzene rings is 1. The molecule has 2 N–H and O–H groups in total. The Bertz CT molecular complexity index is 492. The molecule has 1 rings (SSSR count). The molecule has 0 saturated carbocycles. The normalized spacial score (nSPS) is 10.9. The van der Waals surface area contributed by atoms with Crippen molar-refractivity contribution in [1.82, 2.24) is 0 Å². The summed E-state index contributed by atoms with van der Waals surface area (Å²) in [6, 6.07) is 4.32. The number of hydrogen-bond donors (Lipinski definition) is 2. The Labute approximate surface area is 110 Å². The molecule has 6 heteroatoms. The molecule has 0 spiro atoms. The maximum Gasteiger partial charge on any atom is 0.339 e. The molecule has 1 aromatic rings. The van der Waals surface area contributed by atoms with Gasteiger partial charge in [-0.1, -0.05) is 0 Å². The Balaban J connectivity index is 2.95. The first-order valence-corrected chi connectivity index (χ1v) is 5.55. The van der Waals surface area contributed by atoms with Gasteiger partial charge in [0.25, 0.3) is 0 Å². The molecule has 1 aromatic carbocycles. The van der Waals surface area contributed by atoms with Gasteiger partial charge in [0.05, 0.1) is 12.5 Å². The quantitative estimate of drug-likeness (QED) is 0.818. The number of rotatable bonds is 6. The van der Waals surface area contributed by atoms with E-state index in [-0.39, 0.29) is 17.9 Å². The number of carboxylic acid groups (broad SMARTS) is 2. The highest BCUT2D eigenvalue weighted by molar-refractivity contribution is 5.91. The Morgan fingerprint density at radius 3 is 2.37 bits per heavy atom. The molecule has 0 atom stereocenters. The van der Waals surface area contributed by atoms with Gasteiger partial charge in [0, 0.05) is 0 Å². The zero-order valence-electron chi connectivity index (χ0n) is 11.0. The Hall–Kier alpha value is -2.24. The van der Waals surface area contributed by atoms with Gasteiger partial charge in [0.2, 0.25) is 0 Å². The molecular weight excluding hydrogens is 252 g/mol. The standard InChI is InChI=1S/C13H16O6/c1-13(2,12(16)17)7-19-10-5-4-8(18-3)6-9(10)11(14)15/h4-6H,7H2,1-3H3,(H,14,15)(H,16,17). The van der Waals surface area contributed by atoms with Crippen LogP contribution in [0.2, 0.25) is 0 Å². The van der Waals surface area contributed by atoms with Crippen molar-refractivity contribution < 1.29 is 29.3 Å². The molecule has 0 aliphatic heterocycles. The van der Waals surface area contributed by atoms with Crippen LogP contribution < -0.4 is 9.47 Å². The van der Waals surface area contributed by atoms with Gasteiger partial charge in [-0.25, -0.2) is 4.79 Å². The van der Waals surface area contributed by atoms with Crippen LogP contribution in [0.1, 0.15) is 24.2 Å². The van der Waals surface area contributed by atoms with E-state index in [2.05, 4.69) is 0 Å². The second-order valence-electron chi connectivity index (χ2n) is 4.64. The molecule has 0 heterocycles. The molecular formula is C13H16O6. The SMILES string of the molecule is COc1ccc(OCC(C)(C)C(=O)O)c(C(=O)O)c1. The second-order valence-corrected chi connectivity index (χ2v) is 4.64. The highest BCUT2D eigenvalue weighted by Crippen LogP contribution is 2.26. The van der Waals surface area contributed by atoms with Gasteiger partial charge in [0.1, 0.15) is 23.7 Å². The maximum atomic E-state index is 11.1. The summed E-state index contributed by atoms with van der Waals surface area (Å²) in [4.78, 5) is 22.0. The van der Waals surface area contributed by atoms with E-state index in [1.54, 1.807) is 6.07 Å². The van der Waals surface area contributed by atoms with Crippen molar-refractivity contribution >= 4 is 11.9 Å². The minimum absolute atomic E-state index is 0.0689. The Morgan fingerprint density at radius 1 is 1.26 bits per heavy atom. The summed E-state index contributed by atoms with van der Waals surface area (Å²) in [6.45, 7) is 2.87. The van der Waals surface area contributed by atoms with Crippen LogP contribution in [0.25, 0.3) is 0 Å². The van der Waals surface area contributed by atoms with Crippen LogP contribution in [0, 0.1) is 5.41 Å². The van der Waals surface area contributed by atoms with Crippen LogP contribution in [-0.4, -0.2) is 35.9 Å². The fourth-order valence-electron chi connectivity index (χ4n) is 1.25. The monoisotopic (exact) mass is 268 g/mol. The average Bonchev–Trinajstić information content (AvgIpc) is 2.35. The fraction of sp³-hybridized carbons (Fsp3) is 0.385. The van der Waals surface area contributed by atoms with E-state index in [4.69, 9.17) is 19.7 Å². The molecule has 0 aromatic heterocycles. The lowest BCUT2D eigenvalue weighted by atomic mass is 9.95. The van der Waals surface area contributed by atoms with Crippen molar-refractivity contribution in [3.05, 3.63) is 23.8 Å². The van der Waals surface area contributed by atoms with Crippen molar-refractivity contribution in [2.45, 2.75) is 13.8 Å². The number of ether oxygens (including phenoxy) is 2. The smallest absolute Gasteiger partial charge is 0.339 e. The lowest BCUT2D eigenvalue weighted by Gasteiger charge is -2.20. The first-order valence-electron chi connectivity index (χ1n) is 5.55. The minimum atomic E-state index is -1.16. The van der Waals surface area contributed by atoms with Crippen molar-refractivity contribution in [3.63, 3.8) is 0 Å². The number of carbonyl (C=O) groups is 2. The van der Waals surface area contributed by atoms with Crippen molar-refractivity contribution in [3.8, 4) is 11.5 Å². The van der Waals surface area contributed by atoms with E-state index >= 15 is 0 Å². The molecule has 0 bridgehead atoms. The molecule has 0 amide bonds. The predicted molar refractivity (Wildman–Crippen MR) is 66.9 cm³/mol. The van der Waals surface area contributed by atoms with Gasteiger partial charge in [-0.2, -0.15) is 0 Å². The summed E-state index contributed by atoms with van der Waals surface area (Å²) in [6.07, 6.45) is 0. The third-order valence-corrected chi connectivity index (χ3v) is 2.58. The van der Waals surface area contributed by atoms with Gasteiger partial charge < -0.3 is 19.7 Å². The lowest BCUT2D eigenvalue weighted by Crippen LogP contribution is -2.31. The predicted octanol–water partition coefficient (Wildman–Crippen LogP) is 1.88. The largest absolute Gasteiger partial charge is 0.497 e. The van der Waals surface area contributed by atoms with Crippen molar-refractivity contribution in [1.29, 1.82) is 0 Å². The first kappa shape index (κ1) is 14.8. The first-order chi connectivity index (χ1) is 8.77. The number of hydrogen-bond acceptors (Lipinski definition) is 4. The van der Waals surface area contributed by atoms with E-state index in [9.17, 15) is 9.59 Å². The van der Waals surface area contributed by atoms with Gasteiger partial charge in [0.15, 0.2) is 0 Å². The maximum absolute atomic E-state index is 11.1. The summed E-state index contributed by atoms with van der Waals surface area (Å²) in [5.74, 6) is -1.68. The minimum Gasteiger partial charge on any atom is -0.497 e. The summed E-state index contributed by atoms with van der Waals surface area (Å²) >= 11 is 0. The molecule has 0 aliphatic carbocycles. The van der Waals surface area contributed by atoms with E-state index in [0.29, 0.717) is 5.75 Å². The molecule has 6 nitrogen and oxygen atoms in total. The Morgan fingerprint density at radius 2 is 1.89 bits per heavy atom. The van der Waals surface area contributed by atoms with Crippen LogP contribution in [0.3, 0.4) is 0 Å². The number of aromatic carboxylic acids is 1. The molecule has 0 radical (unpaired) electrons. The van der Waals surface area contributed by atoms with Gasteiger partial charge >= 0.3 is 11.9 Å². The molecule has 0 aliphatic rings. The highest BCUT2D eigenvalue weighted by atomic mass is 16.5. The summed E-state index contributed by atoms with van der Waals surface area (Å²) in [5.41, 5.74) is -1.17. The van der Waals surface area contributed by atoms with Crippen LogP contribution in [0.15, 0.2) is 18.2 Å². The molecule has 0 unspecified atom stereocenters.